The van der Waals surface area contributed by atoms with Crippen LogP contribution in [0.3, 0.4) is 0 Å². The van der Waals surface area contributed by atoms with E-state index in [9.17, 15) is 0 Å². The van der Waals surface area contributed by atoms with Gasteiger partial charge in [-0.15, -0.1) is 0 Å². The van der Waals surface area contributed by atoms with E-state index in [4.69, 9.17) is 21.0 Å². The second-order valence-corrected chi connectivity index (χ2v) is 10.6. The van der Waals surface area contributed by atoms with Crippen molar-refractivity contribution >= 4 is 44.3 Å². The largest absolute Gasteiger partial charge is 0.455 e. The fourth-order valence-corrected chi connectivity index (χ4v) is 5.83. The van der Waals surface area contributed by atoms with Crippen molar-refractivity contribution in [1.29, 1.82) is 0 Å². The van der Waals surface area contributed by atoms with Gasteiger partial charge in [0.05, 0.1) is 5.56 Å². The Labute approximate surface area is 246 Å². The van der Waals surface area contributed by atoms with Crippen LogP contribution in [0.5, 0.6) is 0 Å². The maximum absolute atomic E-state index is 6.57. The highest BCUT2D eigenvalue weighted by Crippen LogP contribution is 2.42. The Bertz CT molecular complexity index is 2260. The van der Waals surface area contributed by atoms with Crippen LogP contribution < -0.4 is 0 Å². The molecule has 8 aromatic rings. The summed E-state index contributed by atoms with van der Waals surface area (Å²) in [6, 6.07) is 45.7. The van der Waals surface area contributed by atoms with Gasteiger partial charge in [-0.2, -0.15) is 9.97 Å². The van der Waals surface area contributed by atoms with Gasteiger partial charge >= 0.3 is 0 Å². The van der Waals surface area contributed by atoms with E-state index in [1.165, 1.54) is 11.1 Å². The third-order valence-corrected chi connectivity index (χ3v) is 7.82. The van der Waals surface area contributed by atoms with Gasteiger partial charge < -0.3 is 4.42 Å². The lowest BCUT2D eigenvalue weighted by Gasteiger charge is -2.08. The zero-order valence-corrected chi connectivity index (χ0v) is 23.1. The second kappa shape index (κ2) is 9.95. The van der Waals surface area contributed by atoms with E-state index in [0.29, 0.717) is 11.6 Å². The molecule has 2 heterocycles. The molecule has 2 aromatic heterocycles. The van der Waals surface area contributed by atoms with E-state index in [-0.39, 0.29) is 5.28 Å². The summed E-state index contributed by atoms with van der Waals surface area (Å²) in [4.78, 5) is 13.8. The fraction of sp³-hybridized carbons (Fsp3) is 0. The van der Waals surface area contributed by atoms with Crippen LogP contribution >= 0.6 is 11.6 Å². The standard InChI is InChI=1S/C37H22ClN3O/c38-37-40-35(24-12-5-2-6-13-24)39-36(41-37)31-22-28-14-7-8-17-29(28)33-30-21-27(18-19-32(30)42-34(31)33)26-16-9-15-25(20-26)23-10-3-1-4-11-23/h1-22H. The molecule has 0 radical (unpaired) electrons. The number of nitrogens with zero attached hydrogens (tertiary/aromatic N) is 3. The molecule has 0 saturated heterocycles. The van der Waals surface area contributed by atoms with Crippen LogP contribution in [0.25, 0.3) is 77.7 Å². The van der Waals surface area contributed by atoms with Gasteiger partial charge in [-0.1, -0.05) is 109 Å². The van der Waals surface area contributed by atoms with Crippen molar-refractivity contribution in [2.45, 2.75) is 0 Å². The first-order chi connectivity index (χ1) is 20.7. The Hall–Kier alpha value is -5.32. The molecule has 5 heteroatoms. The van der Waals surface area contributed by atoms with Crippen molar-refractivity contribution < 1.29 is 4.42 Å². The minimum Gasteiger partial charge on any atom is -0.455 e. The van der Waals surface area contributed by atoms with E-state index in [1.807, 2.05) is 48.5 Å². The lowest BCUT2D eigenvalue weighted by Crippen LogP contribution is -1.97. The van der Waals surface area contributed by atoms with Crippen LogP contribution in [0.4, 0.5) is 0 Å². The molecular weight excluding hydrogens is 538 g/mol. The summed E-state index contributed by atoms with van der Waals surface area (Å²) < 4.78 is 6.57. The Morgan fingerprint density at radius 2 is 1.12 bits per heavy atom. The number of hydrogen-bond acceptors (Lipinski definition) is 4. The minimum absolute atomic E-state index is 0.136. The topological polar surface area (TPSA) is 51.8 Å². The molecule has 0 bridgehead atoms. The van der Waals surface area contributed by atoms with Crippen molar-refractivity contribution in [1.82, 2.24) is 15.0 Å². The van der Waals surface area contributed by atoms with Gasteiger partial charge in [0, 0.05) is 16.3 Å². The first-order valence-corrected chi connectivity index (χ1v) is 14.1. The highest BCUT2D eigenvalue weighted by molar-refractivity contribution is 6.28. The Morgan fingerprint density at radius 3 is 1.93 bits per heavy atom. The van der Waals surface area contributed by atoms with Gasteiger partial charge in [0.25, 0.3) is 0 Å². The summed E-state index contributed by atoms with van der Waals surface area (Å²) in [5, 5.41) is 4.37. The van der Waals surface area contributed by atoms with Gasteiger partial charge in [0.1, 0.15) is 11.2 Å². The minimum atomic E-state index is 0.136. The summed E-state index contributed by atoms with van der Waals surface area (Å²) in [6.45, 7) is 0. The van der Waals surface area contributed by atoms with Gasteiger partial charge in [0.2, 0.25) is 5.28 Å². The molecule has 0 fully saturated rings. The molecule has 0 spiro atoms. The smallest absolute Gasteiger partial charge is 0.226 e. The number of furan rings is 1. The number of hydrogen-bond donors (Lipinski definition) is 0. The fourth-order valence-electron chi connectivity index (χ4n) is 5.67. The molecule has 0 N–H and O–H groups in total. The quantitative estimate of drug-likeness (QED) is 0.215. The van der Waals surface area contributed by atoms with Gasteiger partial charge in [-0.25, -0.2) is 4.98 Å². The maximum Gasteiger partial charge on any atom is 0.226 e. The first-order valence-electron chi connectivity index (χ1n) is 13.7. The van der Waals surface area contributed by atoms with Gasteiger partial charge in [-0.05, 0) is 68.9 Å². The van der Waals surface area contributed by atoms with Gasteiger partial charge in [-0.3, -0.25) is 0 Å². The van der Waals surface area contributed by atoms with Crippen molar-refractivity contribution in [2.24, 2.45) is 0 Å². The molecule has 6 aromatic carbocycles. The molecule has 8 rings (SSSR count). The Balaban J connectivity index is 1.35. The molecule has 0 unspecified atom stereocenters. The molecule has 0 aliphatic rings. The van der Waals surface area contributed by atoms with Crippen molar-refractivity contribution in [3.05, 3.63) is 139 Å². The predicted molar refractivity (Wildman–Crippen MR) is 171 cm³/mol. The number of halogens is 1. The van der Waals surface area contributed by atoms with Crippen molar-refractivity contribution in [2.75, 3.05) is 0 Å². The molecule has 42 heavy (non-hydrogen) atoms. The lowest BCUT2D eigenvalue weighted by atomic mass is 9.96. The van der Waals surface area contributed by atoms with Crippen LogP contribution in [0.2, 0.25) is 5.28 Å². The second-order valence-electron chi connectivity index (χ2n) is 10.2. The zero-order chi connectivity index (χ0) is 28.0. The third-order valence-electron chi connectivity index (χ3n) is 7.65. The van der Waals surface area contributed by atoms with Crippen molar-refractivity contribution in [3.8, 4) is 45.0 Å². The van der Waals surface area contributed by atoms with Crippen LogP contribution in [0.1, 0.15) is 0 Å². The molecular formula is C37H22ClN3O. The van der Waals surface area contributed by atoms with Crippen LogP contribution in [-0.2, 0) is 0 Å². The lowest BCUT2D eigenvalue weighted by molar-refractivity contribution is 0.670. The van der Waals surface area contributed by atoms with E-state index in [1.54, 1.807) is 0 Å². The molecule has 0 atom stereocenters. The highest BCUT2D eigenvalue weighted by Gasteiger charge is 2.20. The number of benzene rings is 6. The summed E-state index contributed by atoms with van der Waals surface area (Å²) in [7, 11) is 0. The monoisotopic (exact) mass is 559 g/mol. The number of rotatable bonds is 4. The normalized spacial score (nSPS) is 11.5. The summed E-state index contributed by atoms with van der Waals surface area (Å²) in [5.74, 6) is 0.989. The van der Waals surface area contributed by atoms with E-state index in [0.717, 1.165) is 55.0 Å². The molecule has 0 saturated carbocycles. The average Bonchev–Trinajstić information content (AvgIpc) is 3.44. The summed E-state index contributed by atoms with van der Waals surface area (Å²) in [5.41, 5.74) is 7.79. The SMILES string of the molecule is Clc1nc(-c2ccccc2)nc(-c2cc3ccccc3c3c2oc2ccc(-c4cccc(-c5ccccc5)c4)cc23)n1. The summed E-state index contributed by atoms with van der Waals surface area (Å²) >= 11 is 6.45. The van der Waals surface area contributed by atoms with Crippen LogP contribution in [-0.4, -0.2) is 15.0 Å². The number of fused-ring (bicyclic) bond motifs is 5. The average molecular weight is 560 g/mol. The van der Waals surface area contributed by atoms with E-state index in [2.05, 4.69) is 94.9 Å². The van der Waals surface area contributed by atoms with Crippen molar-refractivity contribution in [3.63, 3.8) is 0 Å². The predicted octanol–water partition coefficient (Wildman–Crippen LogP) is 10.2. The molecule has 0 aliphatic heterocycles. The van der Waals surface area contributed by atoms with E-state index < -0.39 is 0 Å². The van der Waals surface area contributed by atoms with Crippen LogP contribution in [0, 0.1) is 0 Å². The first kappa shape index (κ1) is 24.5. The molecule has 0 amide bonds. The Morgan fingerprint density at radius 1 is 0.476 bits per heavy atom. The highest BCUT2D eigenvalue weighted by atomic mass is 35.5. The molecule has 4 nitrogen and oxygen atoms in total. The van der Waals surface area contributed by atoms with E-state index >= 15 is 0 Å². The van der Waals surface area contributed by atoms with Gasteiger partial charge in [0.15, 0.2) is 11.6 Å². The third kappa shape index (κ3) is 4.21. The Kier molecular flexibility index (Phi) is 5.80. The summed E-state index contributed by atoms with van der Waals surface area (Å²) in [6.07, 6.45) is 0. The molecule has 0 aliphatic carbocycles. The zero-order valence-electron chi connectivity index (χ0n) is 22.3. The van der Waals surface area contributed by atoms with Crippen LogP contribution in [0.15, 0.2) is 138 Å². The maximum atomic E-state index is 6.57. The molecule has 198 valence electrons. The number of aromatic nitrogens is 3.